The van der Waals surface area contributed by atoms with Crippen LogP contribution in [-0.2, 0) is 12.8 Å². The molecule has 4 nitrogen and oxygen atoms in total. The third-order valence-electron chi connectivity index (χ3n) is 7.74. The maximum Gasteiger partial charge on any atom is 0.260 e. The van der Waals surface area contributed by atoms with Crippen LogP contribution in [0, 0.1) is 13.8 Å². The van der Waals surface area contributed by atoms with E-state index in [1.807, 2.05) is 0 Å². The first-order valence-electron chi connectivity index (χ1n) is 12.4. The maximum absolute atomic E-state index is 13.1. The first-order chi connectivity index (χ1) is 16.1. The molecule has 3 aromatic heterocycles. The molecular weight excluding hydrogens is 426 g/mol. The molecule has 1 fully saturated rings. The van der Waals surface area contributed by atoms with Gasteiger partial charge in [0.15, 0.2) is 0 Å². The molecule has 0 radical (unpaired) electrons. The van der Waals surface area contributed by atoms with Crippen LogP contribution in [0.3, 0.4) is 0 Å². The van der Waals surface area contributed by atoms with Crippen molar-refractivity contribution < 1.29 is 0 Å². The molecule has 170 valence electrons. The molecule has 1 saturated carbocycles. The first-order valence-corrected chi connectivity index (χ1v) is 13.3. The fourth-order valence-electron chi connectivity index (χ4n) is 6.02. The number of hydrogen-bond donors (Lipinski definition) is 1. The summed E-state index contributed by atoms with van der Waals surface area (Å²) in [5.74, 6) is 1.40. The van der Waals surface area contributed by atoms with Gasteiger partial charge in [0.25, 0.3) is 5.56 Å². The Kier molecular flexibility index (Phi) is 5.25. The fourth-order valence-corrected chi connectivity index (χ4v) is 7.28. The van der Waals surface area contributed by atoms with Gasteiger partial charge in [0, 0.05) is 27.5 Å². The van der Waals surface area contributed by atoms with E-state index in [4.69, 9.17) is 4.98 Å². The average molecular weight is 458 g/mol. The molecule has 1 aromatic carbocycles. The lowest BCUT2D eigenvalue weighted by Crippen LogP contribution is -2.11. The number of nitrogens with zero attached hydrogens (tertiary/aromatic N) is 2. The first kappa shape index (κ1) is 20.9. The van der Waals surface area contributed by atoms with Crippen LogP contribution in [0.1, 0.15) is 78.3 Å². The Morgan fingerprint density at radius 3 is 2.55 bits per heavy atom. The Morgan fingerprint density at radius 1 is 1.00 bits per heavy atom. The smallest absolute Gasteiger partial charge is 0.260 e. The van der Waals surface area contributed by atoms with Crippen molar-refractivity contribution >= 4 is 21.6 Å². The zero-order valence-corrected chi connectivity index (χ0v) is 20.4. The van der Waals surface area contributed by atoms with Crippen LogP contribution in [0.5, 0.6) is 0 Å². The van der Waals surface area contributed by atoms with Crippen molar-refractivity contribution in [3.05, 3.63) is 68.1 Å². The molecule has 4 aromatic rings. The van der Waals surface area contributed by atoms with Gasteiger partial charge in [0.05, 0.1) is 5.39 Å². The van der Waals surface area contributed by atoms with Crippen molar-refractivity contribution in [3.63, 3.8) is 0 Å². The second kappa shape index (κ2) is 8.28. The van der Waals surface area contributed by atoms with E-state index >= 15 is 0 Å². The molecule has 0 spiro atoms. The molecule has 33 heavy (non-hydrogen) atoms. The van der Waals surface area contributed by atoms with Crippen LogP contribution in [0.2, 0.25) is 0 Å². The number of rotatable bonds is 3. The van der Waals surface area contributed by atoms with Crippen LogP contribution in [0.15, 0.2) is 35.1 Å². The topological polar surface area (TPSA) is 50.7 Å². The zero-order chi connectivity index (χ0) is 22.5. The van der Waals surface area contributed by atoms with Gasteiger partial charge in [-0.15, -0.1) is 11.3 Å². The van der Waals surface area contributed by atoms with Gasteiger partial charge in [-0.3, -0.25) is 4.79 Å². The zero-order valence-electron chi connectivity index (χ0n) is 19.5. The highest BCUT2D eigenvalue weighted by Crippen LogP contribution is 2.36. The van der Waals surface area contributed by atoms with Crippen LogP contribution in [0.25, 0.3) is 27.3 Å². The Balaban J connectivity index is 1.38. The Bertz CT molecular complexity index is 1380. The third kappa shape index (κ3) is 3.57. The molecule has 2 aliphatic carbocycles. The van der Waals surface area contributed by atoms with E-state index in [9.17, 15) is 4.79 Å². The van der Waals surface area contributed by atoms with Crippen molar-refractivity contribution in [1.29, 1.82) is 0 Å². The Hall–Kier alpha value is -2.66. The van der Waals surface area contributed by atoms with Crippen molar-refractivity contribution in [1.82, 2.24) is 14.5 Å². The van der Waals surface area contributed by atoms with E-state index in [0.717, 1.165) is 40.0 Å². The van der Waals surface area contributed by atoms with Crippen LogP contribution in [-0.4, -0.2) is 14.5 Å². The number of H-pyrrole nitrogens is 1. The lowest BCUT2D eigenvalue weighted by molar-refractivity contribution is 0.443. The van der Waals surface area contributed by atoms with Gasteiger partial charge >= 0.3 is 0 Å². The maximum atomic E-state index is 13.1. The highest BCUT2D eigenvalue weighted by Gasteiger charge is 2.22. The minimum absolute atomic E-state index is 0.0102. The number of fused-ring (bicyclic) bond motifs is 3. The number of aryl methyl sites for hydroxylation is 3. The monoisotopic (exact) mass is 457 g/mol. The van der Waals surface area contributed by atoms with Gasteiger partial charge in [-0.1, -0.05) is 31.4 Å². The predicted molar refractivity (Wildman–Crippen MR) is 137 cm³/mol. The van der Waals surface area contributed by atoms with E-state index in [1.54, 1.807) is 11.3 Å². The summed E-state index contributed by atoms with van der Waals surface area (Å²) in [7, 11) is 0. The molecule has 0 amide bonds. The van der Waals surface area contributed by atoms with Crippen LogP contribution < -0.4 is 5.56 Å². The molecule has 0 unspecified atom stereocenters. The standard InChI is InChI=1S/C28H31N3OS/c1-17-16-23(26-29-27(32)25-22-10-6-7-11-24(22)33-28(25)30-26)18(2)31(17)21-14-12-20(13-15-21)19-8-4-3-5-9-19/h12-16,19H,3-11H2,1-2H3,(H,29,30,32). The summed E-state index contributed by atoms with van der Waals surface area (Å²) in [5.41, 5.74) is 7.17. The van der Waals surface area contributed by atoms with E-state index in [1.165, 1.54) is 66.6 Å². The Labute approximate surface area is 198 Å². The summed E-state index contributed by atoms with van der Waals surface area (Å²) in [6.45, 7) is 4.26. The molecule has 0 bridgehead atoms. The fraction of sp³-hybridized carbons (Fsp3) is 0.429. The summed E-state index contributed by atoms with van der Waals surface area (Å²) in [6, 6.07) is 11.3. The second-order valence-corrected chi connectivity index (χ2v) is 10.9. The van der Waals surface area contributed by atoms with Crippen molar-refractivity contribution in [2.45, 2.75) is 77.6 Å². The highest BCUT2D eigenvalue weighted by atomic mass is 32.1. The third-order valence-corrected chi connectivity index (χ3v) is 8.92. The molecule has 6 rings (SSSR count). The van der Waals surface area contributed by atoms with Gasteiger partial charge in [0.1, 0.15) is 10.7 Å². The number of nitrogens with one attached hydrogen (secondary N) is 1. The highest BCUT2D eigenvalue weighted by molar-refractivity contribution is 7.18. The molecule has 0 saturated heterocycles. The molecule has 3 heterocycles. The molecule has 1 N–H and O–H groups in total. The van der Waals surface area contributed by atoms with Gasteiger partial charge in [-0.25, -0.2) is 4.98 Å². The van der Waals surface area contributed by atoms with E-state index in [-0.39, 0.29) is 5.56 Å². The van der Waals surface area contributed by atoms with E-state index in [0.29, 0.717) is 11.7 Å². The second-order valence-electron chi connectivity index (χ2n) is 9.85. The summed E-state index contributed by atoms with van der Waals surface area (Å²) in [5, 5.41) is 0.825. The van der Waals surface area contributed by atoms with Crippen molar-refractivity contribution in [3.8, 4) is 17.1 Å². The van der Waals surface area contributed by atoms with Gasteiger partial charge in [-0.05, 0) is 87.6 Å². The van der Waals surface area contributed by atoms with Gasteiger partial charge in [-0.2, -0.15) is 0 Å². The largest absolute Gasteiger partial charge is 0.318 e. The SMILES string of the molecule is Cc1cc(-c2nc3sc4c(c3c(=O)[nH]2)CCCC4)c(C)n1-c1ccc(C2CCCCC2)cc1. The van der Waals surface area contributed by atoms with Gasteiger partial charge < -0.3 is 9.55 Å². The van der Waals surface area contributed by atoms with Crippen molar-refractivity contribution in [2.75, 3.05) is 0 Å². The minimum atomic E-state index is 0.0102. The van der Waals surface area contributed by atoms with Crippen molar-refractivity contribution in [2.24, 2.45) is 0 Å². The number of thiophene rings is 1. The lowest BCUT2D eigenvalue weighted by atomic mass is 9.84. The van der Waals surface area contributed by atoms with E-state index in [2.05, 4.69) is 53.7 Å². The average Bonchev–Trinajstić information content (AvgIpc) is 3.36. The Morgan fingerprint density at radius 2 is 1.76 bits per heavy atom. The summed E-state index contributed by atoms with van der Waals surface area (Å²) in [4.78, 5) is 23.4. The normalized spacial score (nSPS) is 16.9. The lowest BCUT2D eigenvalue weighted by Gasteiger charge is -2.22. The molecule has 0 aliphatic heterocycles. The molecule has 0 atom stereocenters. The summed E-state index contributed by atoms with van der Waals surface area (Å²) in [6.07, 6.45) is 11.2. The van der Waals surface area contributed by atoms with Gasteiger partial charge in [0.2, 0.25) is 0 Å². The quantitative estimate of drug-likeness (QED) is 0.360. The minimum Gasteiger partial charge on any atom is -0.318 e. The molecule has 2 aliphatic rings. The summed E-state index contributed by atoms with van der Waals surface area (Å²) >= 11 is 1.71. The predicted octanol–water partition coefficient (Wildman–Crippen LogP) is 6.99. The number of aromatic amines is 1. The summed E-state index contributed by atoms with van der Waals surface area (Å²) < 4.78 is 2.28. The molecule has 5 heteroatoms. The number of hydrogen-bond acceptors (Lipinski definition) is 3. The van der Waals surface area contributed by atoms with Crippen LogP contribution in [0.4, 0.5) is 0 Å². The number of benzene rings is 1. The van der Waals surface area contributed by atoms with E-state index < -0.39 is 0 Å². The number of aromatic nitrogens is 3. The molecular formula is C28H31N3OS. The van der Waals surface area contributed by atoms with Crippen LogP contribution >= 0.6 is 11.3 Å².